The summed E-state index contributed by atoms with van der Waals surface area (Å²) in [6.45, 7) is 5.03. The maximum atomic E-state index is 12.9. The van der Waals surface area contributed by atoms with Gasteiger partial charge in [0.05, 0.1) is 16.9 Å². The second kappa shape index (κ2) is 6.10. The van der Waals surface area contributed by atoms with Gasteiger partial charge in [0.1, 0.15) is 22.8 Å². The van der Waals surface area contributed by atoms with Crippen LogP contribution in [-0.4, -0.2) is 61.4 Å². The molecule has 0 bridgehead atoms. The van der Waals surface area contributed by atoms with E-state index < -0.39 is 40.7 Å². The molecule has 2 atom stereocenters. The number of aliphatic hydroxyl groups excluding tert-OH is 1. The normalized spacial score (nSPS) is 24.2. The van der Waals surface area contributed by atoms with Gasteiger partial charge in [0.2, 0.25) is 0 Å². The minimum absolute atomic E-state index is 0.0721. The monoisotopic (exact) mass is 402 g/mol. The number of amides is 3. The molecule has 28 heavy (non-hydrogen) atoms. The second-order valence-corrected chi connectivity index (χ2v) is 8.78. The number of aliphatic hydroxyl groups is 1. The van der Waals surface area contributed by atoms with Gasteiger partial charge in [0.25, 0.3) is 17.7 Å². The zero-order valence-corrected chi connectivity index (χ0v) is 16.3. The summed E-state index contributed by atoms with van der Waals surface area (Å²) in [5.41, 5.74) is -0.521. The Morgan fingerprint density at radius 3 is 2.21 bits per heavy atom. The van der Waals surface area contributed by atoms with E-state index in [0.717, 1.165) is 9.80 Å². The fourth-order valence-electron chi connectivity index (χ4n) is 3.46. The lowest BCUT2D eigenvalue weighted by atomic mass is 10.0. The van der Waals surface area contributed by atoms with Gasteiger partial charge in [-0.05, 0) is 32.9 Å². The Morgan fingerprint density at radius 2 is 1.68 bits per heavy atom. The Hall–Kier alpha value is -2.81. The predicted octanol–water partition coefficient (Wildman–Crippen LogP) is 1.68. The number of β-lactam (4-membered cyclic amide) rings is 1. The van der Waals surface area contributed by atoms with Gasteiger partial charge in [-0.3, -0.25) is 24.2 Å². The van der Waals surface area contributed by atoms with E-state index in [9.17, 15) is 24.3 Å². The summed E-state index contributed by atoms with van der Waals surface area (Å²) < 4.78 is 5.29. The first-order valence-electron chi connectivity index (χ1n) is 8.69. The van der Waals surface area contributed by atoms with Crippen LogP contribution in [0.5, 0.6) is 0 Å². The molecular formula is C19H18N2O6S. The number of fused-ring (bicyclic) bond motifs is 2. The van der Waals surface area contributed by atoms with E-state index in [1.165, 1.54) is 11.8 Å². The van der Waals surface area contributed by atoms with Gasteiger partial charge >= 0.3 is 5.97 Å². The van der Waals surface area contributed by atoms with Gasteiger partial charge in [-0.15, -0.1) is 11.8 Å². The molecule has 1 aromatic carbocycles. The van der Waals surface area contributed by atoms with E-state index in [0.29, 0.717) is 0 Å². The van der Waals surface area contributed by atoms with Gasteiger partial charge in [-0.2, -0.15) is 0 Å². The smallest absolute Gasteiger partial charge is 0.359 e. The highest BCUT2D eigenvalue weighted by atomic mass is 32.2. The minimum Gasteiger partial charge on any atom is -0.509 e. The van der Waals surface area contributed by atoms with Crippen molar-refractivity contribution in [1.82, 2.24) is 9.80 Å². The van der Waals surface area contributed by atoms with Crippen molar-refractivity contribution in [2.75, 3.05) is 5.75 Å². The molecule has 3 heterocycles. The Bertz CT molecular complexity index is 928. The van der Waals surface area contributed by atoms with Crippen molar-refractivity contribution in [3.63, 3.8) is 0 Å². The van der Waals surface area contributed by atoms with E-state index in [1.54, 1.807) is 45.0 Å². The zero-order valence-electron chi connectivity index (χ0n) is 15.5. The van der Waals surface area contributed by atoms with Crippen molar-refractivity contribution in [2.45, 2.75) is 37.8 Å². The van der Waals surface area contributed by atoms with Crippen LogP contribution >= 0.6 is 11.8 Å². The Labute approximate surface area is 165 Å². The predicted molar refractivity (Wildman–Crippen MR) is 99.3 cm³/mol. The molecule has 3 aliphatic heterocycles. The van der Waals surface area contributed by atoms with Gasteiger partial charge in [-0.1, -0.05) is 12.1 Å². The highest BCUT2D eigenvalue weighted by Gasteiger charge is 2.60. The Balaban J connectivity index is 1.63. The summed E-state index contributed by atoms with van der Waals surface area (Å²) in [5.74, 6) is -2.66. The molecule has 0 saturated carbocycles. The van der Waals surface area contributed by atoms with Crippen molar-refractivity contribution >= 4 is 35.5 Å². The van der Waals surface area contributed by atoms with Crippen LogP contribution in [0.3, 0.4) is 0 Å². The summed E-state index contributed by atoms with van der Waals surface area (Å²) >= 11 is 1.19. The quantitative estimate of drug-likeness (QED) is 0.456. The van der Waals surface area contributed by atoms with E-state index in [2.05, 4.69) is 0 Å². The molecule has 1 unspecified atom stereocenters. The number of carbonyl (C=O) groups excluding carboxylic acids is 4. The number of hydrogen-bond acceptors (Lipinski definition) is 7. The SMILES string of the molecule is CC(C)(C)OC(=O)C1=C(O)CS[C@@H]2C(N3C(=O)c4ccccc4C3=O)C(=O)N12. The molecule has 1 aromatic rings. The zero-order chi connectivity index (χ0) is 20.4. The summed E-state index contributed by atoms with van der Waals surface area (Å²) in [5, 5.41) is 9.54. The average molecular weight is 402 g/mol. The molecule has 146 valence electrons. The van der Waals surface area contributed by atoms with Crippen molar-refractivity contribution in [1.29, 1.82) is 0 Å². The molecule has 3 amide bonds. The van der Waals surface area contributed by atoms with Crippen LogP contribution in [0.4, 0.5) is 0 Å². The van der Waals surface area contributed by atoms with Crippen molar-refractivity contribution < 1.29 is 29.0 Å². The molecule has 3 aliphatic rings. The maximum absolute atomic E-state index is 12.9. The van der Waals surface area contributed by atoms with E-state index in [4.69, 9.17) is 4.74 Å². The van der Waals surface area contributed by atoms with Crippen LogP contribution in [-0.2, 0) is 14.3 Å². The number of esters is 1. The summed E-state index contributed by atoms with van der Waals surface area (Å²) in [7, 11) is 0. The highest BCUT2D eigenvalue weighted by molar-refractivity contribution is 8.00. The number of benzene rings is 1. The van der Waals surface area contributed by atoms with Gasteiger partial charge < -0.3 is 9.84 Å². The largest absolute Gasteiger partial charge is 0.509 e. The second-order valence-electron chi connectivity index (χ2n) is 7.68. The van der Waals surface area contributed by atoms with Crippen LogP contribution in [0.15, 0.2) is 35.7 Å². The summed E-state index contributed by atoms with van der Waals surface area (Å²) in [4.78, 5) is 52.8. The average Bonchev–Trinajstić information content (AvgIpc) is 2.86. The lowest BCUT2D eigenvalue weighted by Gasteiger charge is -2.51. The summed E-state index contributed by atoms with van der Waals surface area (Å²) in [6, 6.07) is 5.37. The van der Waals surface area contributed by atoms with Crippen LogP contribution in [0, 0.1) is 0 Å². The molecule has 0 spiro atoms. The third kappa shape index (κ3) is 2.61. The standard InChI is InChI=1S/C19H18N2O6S/c1-19(2,3)27-18(26)12-11(22)8-28-17-13(16(25)21(12)17)20-14(23)9-6-4-5-7-10(9)15(20)24/h4-7,13,17,22H,8H2,1-3H3/t13?,17-/m1/s1. The molecular weight excluding hydrogens is 384 g/mol. The van der Waals surface area contributed by atoms with Gasteiger partial charge in [-0.25, -0.2) is 4.79 Å². The van der Waals surface area contributed by atoms with Crippen LogP contribution in [0.2, 0.25) is 0 Å². The van der Waals surface area contributed by atoms with E-state index >= 15 is 0 Å². The first-order chi connectivity index (χ1) is 13.1. The molecule has 8 nitrogen and oxygen atoms in total. The number of ether oxygens (including phenoxy) is 1. The van der Waals surface area contributed by atoms with Crippen LogP contribution in [0.25, 0.3) is 0 Å². The molecule has 0 aliphatic carbocycles. The molecule has 4 rings (SSSR count). The molecule has 1 saturated heterocycles. The molecule has 1 N–H and O–H groups in total. The fraction of sp³-hybridized carbons (Fsp3) is 0.368. The van der Waals surface area contributed by atoms with Crippen LogP contribution in [0.1, 0.15) is 41.5 Å². The number of imide groups is 1. The molecule has 9 heteroatoms. The van der Waals surface area contributed by atoms with Crippen molar-refractivity contribution in [3.05, 3.63) is 46.8 Å². The third-order valence-electron chi connectivity index (χ3n) is 4.62. The van der Waals surface area contributed by atoms with E-state index in [1.807, 2.05) is 0 Å². The van der Waals surface area contributed by atoms with Gasteiger partial charge in [0, 0.05) is 0 Å². The van der Waals surface area contributed by atoms with Crippen LogP contribution < -0.4 is 0 Å². The van der Waals surface area contributed by atoms with Crippen molar-refractivity contribution in [3.8, 4) is 0 Å². The van der Waals surface area contributed by atoms with Gasteiger partial charge in [0.15, 0.2) is 5.70 Å². The highest BCUT2D eigenvalue weighted by Crippen LogP contribution is 2.44. The summed E-state index contributed by atoms with van der Waals surface area (Å²) in [6.07, 6.45) is 0. The number of carbonyl (C=O) groups is 4. The molecule has 1 fully saturated rings. The topological polar surface area (TPSA) is 104 Å². The number of nitrogens with zero attached hydrogens (tertiary/aromatic N) is 2. The number of hydrogen-bond donors (Lipinski definition) is 1. The van der Waals surface area contributed by atoms with E-state index in [-0.39, 0.29) is 28.3 Å². The lowest BCUT2D eigenvalue weighted by molar-refractivity contribution is -0.160. The third-order valence-corrected chi connectivity index (χ3v) is 5.87. The lowest BCUT2D eigenvalue weighted by Crippen LogP contribution is -2.71. The number of rotatable bonds is 2. The Morgan fingerprint density at radius 1 is 1.11 bits per heavy atom. The minimum atomic E-state index is -1.03. The fourth-order valence-corrected chi connectivity index (χ4v) is 4.71. The maximum Gasteiger partial charge on any atom is 0.359 e. The molecule has 0 radical (unpaired) electrons. The first-order valence-corrected chi connectivity index (χ1v) is 9.74. The Kier molecular flexibility index (Phi) is 4.04. The first kappa shape index (κ1) is 18.5. The molecule has 0 aromatic heterocycles. The van der Waals surface area contributed by atoms with Crippen molar-refractivity contribution in [2.24, 2.45) is 0 Å². The number of thioether (sulfide) groups is 1.